The van der Waals surface area contributed by atoms with Gasteiger partial charge in [0.1, 0.15) is 12.1 Å². The van der Waals surface area contributed by atoms with Gasteiger partial charge in [0.15, 0.2) is 0 Å². The summed E-state index contributed by atoms with van der Waals surface area (Å²) in [5, 5.41) is 3.16. The Balaban J connectivity index is 0.00000480. The summed E-state index contributed by atoms with van der Waals surface area (Å²) in [4.78, 5) is 4.09. The van der Waals surface area contributed by atoms with Crippen LogP contribution in [0.25, 0.3) is 0 Å². The van der Waals surface area contributed by atoms with E-state index in [0.717, 1.165) is 5.56 Å². The average Bonchev–Trinajstić information content (AvgIpc) is 2.66. The van der Waals surface area contributed by atoms with Gasteiger partial charge in [-0.05, 0) is 17.2 Å². The van der Waals surface area contributed by atoms with E-state index in [0.29, 0.717) is 31.8 Å². The van der Waals surface area contributed by atoms with E-state index in [-0.39, 0.29) is 24.1 Å². The van der Waals surface area contributed by atoms with Crippen LogP contribution >= 0.6 is 12.4 Å². The Labute approximate surface area is 185 Å². The first-order valence-electron chi connectivity index (χ1n) is 8.98. The number of hydrogen-bond acceptors (Lipinski definition) is 6. The number of pyridine rings is 1. The Kier molecular flexibility index (Phi) is 10.7. The largest absolute Gasteiger partial charge is 0.471 e. The van der Waals surface area contributed by atoms with Crippen molar-refractivity contribution in [2.24, 2.45) is 0 Å². The monoisotopic (exact) mass is 483 g/mol. The lowest BCUT2D eigenvalue weighted by atomic mass is 10.1. The number of alkyl halides is 3. The molecule has 1 heterocycles. The number of nitrogens with zero attached hydrogens (tertiary/aromatic N) is 1. The normalized spacial score (nSPS) is 13.8. The molecular weight excluding hydrogens is 459 g/mol. The highest BCUT2D eigenvalue weighted by atomic mass is 35.5. The Hall–Kier alpha value is -1.92. The molecule has 0 bridgehead atoms. The summed E-state index contributed by atoms with van der Waals surface area (Å²) >= 11 is 0. The predicted octanol–water partition coefficient (Wildman–Crippen LogP) is 2.84. The topological polar surface area (TPSA) is 89.6 Å². The molecule has 0 amide bonds. The molecule has 1 aromatic carbocycles. The van der Waals surface area contributed by atoms with E-state index in [1.54, 1.807) is 36.2 Å². The minimum Gasteiger partial charge on any atom is -0.471 e. The van der Waals surface area contributed by atoms with Gasteiger partial charge in [-0.1, -0.05) is 30.3 Å². The highest BCUT2D eigenvalue weighted by Gasteiger charge is 2.42. The maximum absolute atomic E-state index is 13.2. The summed E-state index contributed by atoms with van der Waals surface area (Å²) < 4.78 is 74.7. The fourth-order valence-corrected chi connectivity index (χ4v) is 3.35. The molecule has 0 spiro atoms. The second-order valence-electron chi connectivity index (χ2n) is 6.60. The van der Waals surface area contributed by atoms with Crippen molar-refractivity contribution < 1.29 is 31.1 Å². The molecule has 174 valence electrons. The smallest absolute Gasteiger partial charge is 0.408 e. The van der Waals surface area contributed by atoms with Crippen LogP contribution in [0.4, 0.5) is 13.2 Å². The van der Waals surface area contributed by atoms with Crippen molar-refractivity contribution >= 4 is 22.4 Å². The molecule has 12 heteroatoms. The minimum absolute atomic E-state index is 0. The summed E-state index contributed by atoms with van der Waals surface area (Å²) in [7, 11) is -2.48. The fourth-order valence-electron chi connectivity index (χ4n) is 2.65. The highest BCUT2D eigenvalue weighted by molar-refractivity contribution is 7.88. The zero-order valence-corrected chi connectivity index (χ0v) is 18.6. The number of ether oxygens (including phenoxy) is 2. The number of benzene rings is 1. The average molecular weight is 484 g/mol. The van der Waals surface area contributed by atoms with E-state index in [1.165, 1.54) is 24.3 Å². The molecule has 2 rings (SSSR count). The molecule has 2 aromatic rings. The van der Waals surface area contributed by atoms with Gasteiger partial charge in [0, 0.05) is 32.5 Å². The van der Waals surface area contributed by atoms with Gasteiger partial charge in [0.05, 0.1) is 12.9 Å². The van der Waals surface area contributed by atoms with Crippen LogP contribution in [0.2, 0.25) is 0 Å². The number of nitrogens with one attached hydrogen (secondary N) is 2. The third-order valence-electron chi connectivity index (χ3n) is 3.95. The number of rotatable bonds is 11. The number of halogens is 4. The van der Waals surface area contributed by atoms with E-state index in [1.807, 2.05) is 0 Å². The molecule has 2 atom stereocenters. The van der Waals surface area contributed by atoms with Crippen molar-refractivity contribution in [1.82, 2.24) is 15.0 Å². The summed E-state index contributed by atoms with van der Waals surface area (Å²) in [6.07, 6.45) is -2.76. The van der Waals surface area contributed by atoms with Gasteiger partial charge in [-0.25, -0.2) is 13.4 Å². The quantitative estimate of drug-likeness (QED) is 0.511. The number of methoxy groups -OCH3 is 1. The summed E-state index contributed by atoms with van der Waals surface area (Å²) in [6, 6.07) is 8.53. The second-order valence-corrected chi connectivity index (χ2v) is 8.38. The van der Waals surface area contributed by atoms with Gasteiger partial charge in [-0.15, -0.1) is 12.4 Å². The predicted molar refractivity (Wildman–Crippen MR) is 113 cm³/mol. The van der Waals surface area contributed by atoms with Crippen LogP contribution < -0.4 is 14.8 Å². The molecule has 0 aliphatic carbocycles. The highest BCUT2D eigenvalue weighted by Crippen LogP contribution is 2.33. The number of aromatic nitrogens is 1. The molecule has 0 aliphatic heterocycles. The van der Waals surface area contributed by atoms with E-state index in [2.05, 4.69) is 10.3 Å². The lowest BCUT2D eigenvalue weighted by Gasteiger charge is -2.21. The van der Waals surface area contributed by atoms with Crippen LogP contribution in [0.15, 0.2) is 48.7 Å². The van der Waals surface area contributed by atoms with E-state index >= 15 is 0 Å². The van der Waals surface area contributed by atoms with Crippen LogP contribution in [0.5, 0.6) is 5.88 Å². The first-order chi connectivity index (χ1) is 14.1. The molecule has 0 aliphatic rings. The number of hydrogen-bond donors (Lipinski definition) is 2. The number of sulfonamides is 1. The standard InChI is InChI=1S/C19H24F3N3O4S.ClH/c1-28-13-16(29-17-5-3-4-10-24-17)12-23-11-14-6-8-15(9-7-14)18(19(20,21)22)25-30(2,26)27;/h3-10,16,18,23,25H,11-13H2,1-2H3;1H/t16-,18-;/m0./s1. The molecule has 0 radical (unpaired) electrons. The molecule has 31 heavy (non-hydrogen) atoms. The minimum atomic E-state index is -4.75. The van der Waals surface area contributed by atoms with E-state index < -0.39 is 22.2 Å². The van der Waals surface area contributed by atoms with Crippen molar-refractivity contribution in [1.29, 1.82) is 0 Å². The Bertz CT molecular complexity index is 885. The van der Waals surface area contributed by atoms with Gasteiger partial charge in [0.2, 0.25) is 15.9 Å². The molecule has 2 N–H and O–H groups in total. The second kappa shape index (κ2) is 12.2. The fraction of sp³-hybridized carbons (Fsp3) is 0.421. The lowest BCUT2D eigenvalue weighted by molar-refractivity contribution is -0.153. The lowest BCUT2D eigenvalue weighted by Crippen LogP contribution is -2.37. The van der Waals surface area contributed by atoms with Gasteiger partial charge in [-0.3, -0.25) is 0 Å². The maximum Gasteiger partial charge on any atom is 0.408 e. The SMILES string of the molecule is COC[C@H](CNCc1ccc([C@H](NS(C)(=O)=O)C(F)(F)F)cc1)Oc1ccccn1.Cl. The Morgan fingerprint density at radius 1 is 1.13 bits per heavy atom. The molecule has 0 saturated carbocycles. The maximum atomic E-state index is 13.2. The summed E-state index contributed by atoms with van der Waals surface area (Å²) in [6.45, 7) is 1.13. The molecule has 0 fully saturated rings. The van der Waals surface area contributed by atoms with Crippen LogP contribution in [0, 0.1) is 0 Å². The van der Waals surface area contributed by atoms with Gasteiger partial charge in [-0.2, -0.15) is 17.9 Å². The Morgan fingerprint density at radius 2 is 1.81 bits per heavy atom. The third-order valence-corrected chi connectivity index (χ3v) is 4.62. The third kappa shape index (κ3) is 9.83. The molecule has 1 aromatic heterocycles. The van der Waals surface area contributed by atoms with Gasteiger partial charge >= 0.3 is 6.18 Å². The van der Waals surface area contributed by atoms with Crippen molar-refractivity contribution in [3.05, 3.63) is 59.8 Å². The van der Waals surface area contributed by atoms with Crippen molar-refractivity contribution in [2.75, 3.05) is 26.5 Å². The zero-order chi connectivity index (χ0) is 22.2. The molecule has 0 saturated heterocycles. The van der Waals surface area contributed by atoms with Gasteiger partial charge in [0.25, 0.3) is 0 Å². The van der Waals surface area contributed by atoms with Crippen LogP contribution in [0.1, 0.15) is 17.2 Å². The van der Waals surface area contributed by atoms with Crippen LogP contribution in [-0.4, -0.2) is 52.2 Å². The first-order valence-corrected chi connectivity index (χ1v) is 10.9. The first kappa shape index (κ1) is 27.1. The molecule has 0 unspecified atom stereocenters. The Morgan fingerprint density at radius 3 is 2.32 bits per heavy atom. The van der Waals surface area contributed by atoms with Crippen molar-refractivity contribution in [3.63, 3.8) is 0 Å². The molecular formula is C19H25ClF3N3O4S. The van der Waals surface area contributed by atoms with Crippen molar-refractivity contribution in [2.45, 2.75) is 24.9 Å². The van der Waals surface area contributed by atoms with Crippen LogP contribution in [0.3, 0.4) is 0 Å². The zero-order valence-electron chi connectivity index (χ0n) is 16.9. The van der Waals surface area contributed by atoms with Crippen molar-refractivity contribution in [3.8, 4) is 5.88 Å². The van der Waals surface area contributed by atoms with E-state index in [9.17, 15) is 21.6 Å². The van der Waals surface area contributed by atoms with Gasteiger partial charge < -0.3 is 14.8 Å². The summed E-state index contributed by atoms with van der Waals surface area (Å²) in [5.41, 5.74) is 0.542. The van der Waals surface area contributed by atoms with Crippen LogP contribution in [-0.2, 0) is 21.3 Å². The molecule has 7 nitrogen and oxygen atoms in total. The van der Waals surface area contributed by atoms with E-state index in [4.69, 9.17) is 9.47 Å². The summed E-state index contributed by atoms with van der Waals surface area (Å²) in [5.74, 6) is 0.460.